The van der Waals surface area contributed by atoms with Gasteiger partial charge in [0.25, 0.3) is 5.91 Å². The first kappa shape index (κ1) is 18.3. The molecule has 0 atom stereocenters. The van der Waals surface area contributed by atoms with Gasteiger partial charge in [-0.15, -0.1) is 11.3 Å². The number of carbonyl (C=O) groups is 1. The van der Waals surface area contributed by atoms with E-state index in [9.17, 15) is 4.79 Å². The molecule has 3 aromatic rings. The van der Waals surface area contributed by atoms with E-state index in [1.54, 1.807) is 14.2 Å². The van der Waals surface area contributed by atoms with E-state index in [4.69, 9.17) is 9.47 Å². The van der Waals surface area contributed by atoms with Gasteiger partial charge in [-0.25, -0.2) is 4.98 Å². The van der Waals surface area contributed by atoms with Crippen LogP contribution in [-0.4, -0.2) is 30.1 Å². The van der Waals surface area contributed by atoms with E-state index < -0.39 is 0 Å². The average molecular weight is 371 g/mol. The molecule has 136 valence electrons. The molecular formula is C19H21N3O3S. The molecule has 26 heavy (non-hydrogen) atoms. The molecule has 0 radical (unpaired) electrons. The van der Waals surface area contributed by atoms with E-state index in [-0.39, 0.29) is 12.5 Å². The van der Waals surface area contributed by atoms with Gasteiger partial charge in [0.1, 0.15) is 11.4 Å². The molecule has 2 heterocycles. The molecule has 1 N–H and O–H groups in total. The summed E-state index contributed by atoms with van der Waals surface area (Å²) in [6, 6.07) is 5.86. The second kappa shape index (κ2) is 7.39. The lowest BCUT2D eigenvalue weighted by atomic mass is 10.1. The first-order chi connectivity index (χ1) is 12.5. The summed E-state index contributed by atoms with van der Waals surface area (Å²) in [5, 5.41) is 3.77. The number of fused-ring (bicyclic) bond motifs is 1. The zero-order valence-corrected chi connectivity index (χ0v) is 16.3. The topological polar surface area (TPSA) is 73.3 Å². The predicted octanol–water partition coefficient (Wildman–Crippen LogP) is 4.02. The Balaban J connectivity index is 2.03. The van der Waals surface area contributed by atoms with Crippen LogP contribution in [0.15, 0.2) is 18.2 Å². The van der Waals surface area contributed by atoms with Gasteiger partial charge in [0.15, 0.2) is 5.82 Å². The molecule has 2 aromatic heterocycles. The fourth-order valence-corrected chi connectivity index (χ4v) is 3.85. The van der Waals surface area contributed by atoms with Crippen molar-refractivity contribution in [3.63, 3.8) is 0 Å². The second-order valence-corrected chi connectivity index (χ2v) is 7.02. The van der Waals surface area contributed by atoms with Gasteiger partial charge in [0.05, 0.1) is 17.4 Å². The summed E-state index contributed by atoms with van der Waals surface area (Å²) in [5.41, 5.74) is 3.81. The van der Waals surface area contributed by atoms with Crippen LogP contribution in [0, 0.1) is 20.8 Å². The molecule has 0 fully saturated rings. The molecule has 0 spiro atoms. The maximum atomic E-state index is 12.9. The highest BCUT2D eigenvalue weighted by atomic mass is 32.1. The molecule has 7 heteroatoms. The number of aromatic nitrogens is 2. The molecule has 6 nitrogen and oxygen atoms in total. The Labute approximate surface area is 156 Å². The molecule has 1 aromatic carbocycles. The maximum Gasteiger partial charge on any atom is 0.266 e. The van der Waals surface area contributed by atoms with Crippen LogP contribution < -0.4 is 10.1 Å². The van der Waals surface area contributed by atoms with Gasteiger partial charge in [-0.1, -0.05) is 12.1 Å². The van der Waals surface area contributed by atoms with Crippen molar-refractivity contribution in [2.24, 2.45) is 0 Å². The Hall–Kier alpha value is -2.51. The number of hydrogen-bond donors (Lipinski definition) is 1. The number of nitrogens with zero attached hydrogens (tertiary/aromatic N) is 2. The summed E-state index contributed by atoms with van der Waals surface area (Å²) < 4.78 is 10.5. The van der Waals surface area contributed by atoms with Gasteiger partial charge in [0, 0.05) is 12.8 Å². The van der Waals surface area contributed by atoms with Crippen LogP contribution in [0.5, 0.6) is 5.88 Å². The van der Waals surface area contributed by atoms with Gasteiger partial charge in [-0.05, 0) is 43.5 Å². The summed E-state index contributed by atoms with van der Waals surface area (Å²) in [6.07, 6.45) is 0. The predicted molar refractivity (Wildman–Crippen MR) is 103 cm³/mol. The quantitative estimate of drug-likeness (QED) is 0.733. The van der Waals surface area contributed by atoms with Crippen molar-refractivity contribution in [2.75, 3.05) is 19.5 Å². The number of methoxy groups -OCH3 is 2. The third-order valence-corrected chi connectivity index (χ3v) is 5.51. The molecule has 0 unspecified atom stereocenters. The van der Waals surface area contributed by atoms with Crippen molar-refractivity contribution in [3.8, 4) is 5.88 Å². The normalized spacial score (nSPS) is 11.0. The maximum absolute atomic E-state index is 12.9. The minimum atomic E-state index is -0.158. The van der Waals surface area contributed by atoms with Crippen LogP contribution in [-0.2, 0) is 11.3 Å². The lowest BCUT2D eigenvalue weighted by Crippen LogP contribution is -2.12. The number of ether oxygens (including phenoxy) is 2. The Kier molecular flexibility index (Phi) is 5.20. The van der Waals surface area contributed by atoms with Crippen LogP contribution >= 0.6 is 11.3 Å². The standard InChI is InChI=1S/C19H21N3O3S/c1-10-7-6-8-13(11(10)2)20-17(23)16-12(3)15-18(25-5)21-14(9-24-4)22-19(15)26-16/h6-8H,9H2,1-5H3,(H,20,23). The van der Waals surface area contributed by atoms with Crippen molar-refractivity contribution in [2.45, 2.75) is 27.4 Å². The molecule has 0 bridgehead atoms. The number of aryl methyl sites for hydroxylation is 2. The fourth-order valence-electron chi connectivity index (χ4n) is 2.77. The number of hydrogen-bond acceptors (Lipinski definition) is 6. The van der Waals surface area contributed by atoms with Crippen LogP contribution in [0.25, 0.3) is 10.2 Å². The van der Waals surface area contributed by atoms with Crippen molar-refractivity contribution < 1.29 is 14.3 Å². The number of carbonyl (C=O) groups excluding carboxylic acids is 1. The van der Waals surface area contributed by atoms with E-state index in [1.807, 2.05) is 39.0 Å². The minimum absolute atomic E-state index is 0.158. The number of benzene rings is 1. The second-order valence-electron chi connectivity index (χ2n) is 6.02. The van der Waals surface area contributed by atoms with E-state index in [0.29, 0.717) is 21.4 Å². The van der Waals surface area contributed by atoms with Crippen LogP contribution in [0.4, 0.5) is 5.69 Å². The van der Waals surface area contributed by atoms with Gasteiger partial charge in [-0.3, -0.25) is 4.79 Å². The molecule has 0 aliphatic rings. The van der Waals surface area contributed by atoms with Crippen LogP contribution in [0.2, 0.25) is 0 Å². The van der Waals surface area contributed by atoms with Crippen molar-refractivity contribution in [1.29, 1.82) is 0 Å². The Morgan fingerprint density at radius 3 is 2.62 bits per heavy atom. The SMILES string of the molecule is COCc1nc(OC)c2c(C)c(C(=O)Nc3cccc(C)c3C)sc2n1. The monoisotopic (exact) mass is 371 g/mol. The number of anilines is 1. The van der Waals surface area contributed by atoms with Gasteiger partial charge < -0.3 is 14.8 Å². The molecular weight excluding hydrogens is 350 g/mol. The Bertz CT molecular complexity index is 982. The summed E-state index contributed by atoms with van der Waals surface area (Å²) in [4.78, 5) is 23.0. The van der Waals surface area contributed by atoms with Crippen molar-refractivity contribution in [1.82, 2.24) is 9.97 Å². The summed E-state index contributed by atoms with van der Waals surface area (Å²) in [7, 11) is 3.15. The molecule has 0 saturated heterocycles. The Morgan fingerprint density at radius 1 is 1.15 bits per heavy atom. The largest absolute Gasteiger partial charge is 0.480 e. The lowest BCUT2D eigenvalue weighted by Gasteiger charge is -2.10. The first-order valence-corrected chi connectivity index (χ1v) is 8.98. The minimum Gasteiger partial charge on any atom is -0.480 e. The van der Waals surface area contributed by atoms with E-state index in [2.05, 4.69) is 15.3 Å². The highest BCUT2D eigenvalue weighted by Gasteiger charge is 2.21. The first-order valence-electron chi connectivity index (χ1n) is 8.16. The smallest absolute Gasteiger partial charge is 0.266 e. The van der Waals surface area contributed by atoms with E-state index in [0.717, 1.165) is 27.8 Å². The van der Waals surface area contributed by atoms with E-state index in [1.165, 1.54) is 11.3 Å². The third kappa shape index (κ3) is 3.27. The summed E-state index contributed by atoms with van der Waals surface area (Å²) in [6.45, 7) is 6.19. The van der Waals surface area contributed by atoms with Crippen LogP contribution in [0.1, 0.15) is 32.2 Å². The summed E-state index contributed by atoms with van der Waals surface area (Å²) >= 11 is 1.33. The van der Waals surface area contributed by atoms with Crippen molar-refractivity contribution >= 4 is 33.1 Å². The highest BCUT2D eigenvalue weighted by Crippen LogP contribution is 2.35. The van der Waals surface area contributed by atoms with E-state index >= 15 is 0 Å². The average Bonchev–Trinajstić information content (AvgIpc) is 2.95. The van der Waals surface area contributed by atoms with Gasteiger partial charge in [0.2, 0.25) is 5.88 Å². The molecule has 1 amide bonds. The number of rotatable bonds is 5. The molecule has 0 aliphatic carbocycles. The van der Waals surface area contributed by atoms with Crippen molar-refractivity contribution in [3.05, 3.63) is 45.6 Å². The number of thiophene rings is 1. The zero-order chi connectivity index (χ0) is 18.8. The van der Waals surface area contributed by atoms with Gasteiger partial charge in [-0.2, -0.15) is 4.98 Å². The Morgan fingerprint density at radius 2 is 1.92 bits per heavy atom. The number of nitrogens with one attached hydrogen (secondary N) is 1. The van der Waals surface area contributed by atoms with Crippen LogP contribution in [0.3, 0.4) is 0 Å². The summed E-state index contributed by atoms with van der Waals surface area (Å²) in [5.74, 6) is 0.829. The zero-order valence-electron chi connectivity index (χ0n) is 15.5. The highest BCUT2D eigenvalue weighted by molar-refractivity contribution is 7.20. The third-order valence-electron chi connectivity index (χ3n) is 4.33. The van der Waals surface area contributed by atoms with Gasteiger partial charge >= 0.3 is 0 Å². The molecule has 0 saturated carbocycles. The molecule has 3 rings (SSSR count). The molecule has 0 aliphatic heterocycles. The lowest BCUT2D eigenvalue weighted by molar-refractivity contribution is 0.103. The fraction of sp³-hybridized carbons (Fsp3) is 0.316. The number of amides is 1.